The van der Waals surface area contributed by atoms with E-state index in [2.05, 4.69) is 31.8 Å². The molecule has 3 N–H and O–H groups in total. The van der Waals surface area contributed by atoms with E-state index in [9.17, 15) is 5.11 Å². The van der Waals surface area contributed by atoms with Crippen molar-refractivity contribution in [2.45, 2.75) is 43.9 Å². The van der Waals surface area contributed by atoms with Gasteiger partial charge in [0.05, 0.1) is 18.0 Å². The summed E-state index contributed by atoms with van der Waals surface area (Å²) in [5.41, 5.74) is 6.43. The number of nitrogens with zero attached hydrogens (tertiary/aromatic N) is 6. The zero-order chi connectivity index (χ0) is 17.6. The molecule has 0 unspecified atom stereocenters. The Kier molecular flexibility index (Phi) is 4.13. The minimum absolute atomic E-state index is 0.0970. The van der Waals surface area contributed by atoms with Gasteiger partial charge in [-0.15, -0.1) is 0 Å². The number of imidazole rings is 1. The molecule has 2 aliphatic rings. The van der Waals surface area contributed by atoms with E-state index < -0.39 is 5.60 Å². The van der Waals surface area contributed by atoms with E-state index in [-0.39, 0.29) is 6.04 Å². The number of hydrogen-bond donors (Lipinski definition) is 2. The summed E-state index contributed by atoms with van der Waals surface area (Å²) in [4.78, 5) is 17.7. The highest BCUT2D eigenvalue weighted by atomic mass is 16.3. The summed E-state index contributed by atoms with van der Waals surface area (Å²) in [6.45, 7) is 5.93. The van der Waals surface area contributed by atoms with Crippen LogP contribution >= 0.6 is 0 Å². The minimum atomic E-state index is -0.796. The summed E-state index contributed by atoms with van der Waals surface area (Å²) in [6, 6.07) is 0.490. The Morgan fingerprint density at radius 3 is 2.72 bits per heavy atom. The van der Waals surface area contributed by atoms with Gasteiger partial charge in [-0.2, -0.15) is 0 Å². The van der Waals surface area contributed by atoms with Gasteiger partial charge in [-0.05, 0) is 46.3 Å². The molecular formula is C17H27N7O. The molecule has 0 aliphatic carbocycles. The molecular weight excluding hydrogens is 318 g/mol. The van der Waals surface area contributed by atoms with Crippen molar-refractivity contribution in [3.63, 3.8) is 0 Å². The topological polar surface area (TPSA) is 96.3 Å². The Bertz CT molecular complexity index is 751. The van der Waals surface area contributed by atoms with Crippen molar-refractivity contribution in [3.8, 4) is 0 Å². The van der Waals surface area contributed by atoms with Gasteiger partial charge in [0.2, 0.25) is 0 Å². The molecule has 4 heterocycles. The van der Waals surface area contributed by atoms with Gasteiger partial charge in [-0.1, -0.05) is 0 Å². The third-order valence-electron chi connectivity index (χ3n) is 5.96. The van der Waals surface area contributed by atoms with Crippen molar-refractivity contribution < 1.29 is 5.11 Å². The van der Waals surface area contributed by atoms with Crippen LogP contribution in [0, 0.1) is 0 Å². The molecule has 2 aromatic rings. The van der Waals surface area contributed by atoms with Crippen LogP contribution in [0.4, 0.5) is 5.82 Å². The Hall–Kier alpha value is -1.77. The summed E-state index contributed by atoms with van der Waals surface area (Å²) in [7, 11) is 2.18. The molecule has 0 saturated carbocycles. The highest BCUT2D eigenvalue weighted by molar-refractivity contribution is 5.81. The Morgan fingerprint density at radius 1 is 1.20 bits per heavy atom. The molecule has 136 valence electrons. The summed E-state index contributed by atoms with van der Waals surface area (Å²) >= 11 is 0. The molecule has 2 atom stereocenters. The van der Waals surface area contributed by atoms with E-state index in [1.807, 2.05) is 11.5 Å². The van der Waals surface area contributed by atoms with Crippen LogP contribution in [0.3, 0.4) is 0 Å². The Labute approximate surface area is 147 Å². The lowest BCUT2D eigenvalue weighted by Gasteiger charge is -2.47. The number of aliphatic hydroxyl groups is 1. The number of rotatable bonds is 2. The van der Waals surface area contributed by atoms with Gasteiger partial charge in [0.15, 0.2) is 11.5 Å². The number of fused-ring (bicyclic) bond motifs is 1. The number of aromatic nitrogens is 4. The van der Waals surface area contributed by atoms with Crippen LogP contribution < -0.4 is 5.73 Å². The van der Waals surface area contributed by atoms with Crippen molar-refractivity contribution in [2.75, 3.05) is 39.0 Å². The normalized spacial score (nSPS) is 30.1. The fraction of sp³-hybridized carbons (Fsp3) is 0.706. The fourth-order valence-electron chi connectivity index (χ4n) is 4.22. The van der Waals surface area contributed by atoms with Gasteiger partial charge in [-0.25, -0.2) is 15.0 Å². The van der Waals surface area contributed by atoms with Gasteiger partial charge in [0.1, 0.15) is 11.8 Å². The van der Waals surface area contributed by atoms with Crippen LogP contribution in [0.25, 0.3) is 11.2 Å². The van der Waals surface area contributed by atoms with E-state index in [4.69, 9.17) is 5.73 Å². The van der Waals surface area contributed by atoms with Crippen molar-refractivity contribution in [1.29, 1.82) is 0 Å². The molecule has 8 nitrogen and oxygen atoms in total. The van der Waals surface area contributed by atoms with Crippen LogP contribution in [0.15, 0.2) is 12.7 Å². The van der Waals surface area contributed by atoms with Gasteiger partial charge >= 0.3 is 0 Å². The molecule has 8 heteroatoms. The summed E-state index contributed by atoms with van der Waals surface area (Å²) in [5.74, 6) is 0.381. The molecule has 0 aromatic carbocycles. The molecule has 2 saturated heterocycles. The first-order chi connectivity index (χ1) is 12.0. The zero-order valence-corrected chi connectivity index (χ0v) is 15.0. The second-order valence-corrected chi connectivity index (χ2v) is 7.74. The maximum atomic E-state index is 11.0. The third kappa shape index (κ3) is 2.98. The second-order valence-electron chi connectivity index (χ2n) is 7.74. The number of anilines is 1. The number of nitrogen functional groups attached to an aromatic ring is 1. The molecule has 4 rings (SSSR count). The van der Waals surface area contributed by atoms with Crippen molar-refractivity contribution in [1.82, 2.24) is 29.3 Å². The first-order valence-electron chi connectivity index (χ1n) is 9.04. The molecule has 2 aromatic heterocycles. The van der Waals surface area contributed by atoms with Crippen LogP contribution in [0.1, 0.15) is 32.2 Å². The number of piperidine rings is 2. The average molecular weight is 345 g/mol. The maximum Gasteiger partial charge on any atom is 0.165 e. The SMILES string of the molecule is CN1CCC(N2CC[C@@](C)(O)[C@H](n3cnc4c(N)ncnc43)C2)CC1. The highest BCUT2D eigenvalue weighted by Crippen LogP contribution is 2.35. The van der Waals surface area contributed by atoms with E-state index in [0.717, 1.165) is 32.6 Å². The lowest BCUT2D eigenvalue weighted by Crippen LogP contribution is -2.55. The van der Waals surface area contributed by atoms with E-state index in [1.165, 1.54) is 19.2 Å². The Morgan fingerprint density at radius 2 is 1.96 bits per heavy atom. The van der Waals surface area contributed by atoms with Gasteiger partial charge in [0.25, 0.3) is 0 Å². The van der Waals surface area contributed by atoms with Crippen LogP contribution in [0.5, 0.6) is 0 Å². The van der Waals surface area contributed by atoms with Crippen molar-refractivity contribution in [3.05, 3.63) is 12.7 Å². The van der Waals surface area contributed by atoms with Gasteiger partial charge in [-0.3, -0.25) is 4.90 Å². The van der Waals surface area contributed by atoms with Crippen LogP contribution in [-0.4, -0.2) is 79.3 Å². The first kappa shape index (κ1) is 16.7. The number of nitrogens with two attached hydrogens (primary N) is 1. The average Bonchev–Trinajstić information content (AvgIpc) is 3.01. The molecule has 2 fully saturated rings. The first-order valence-corrected chi connectivity index (χ1v) is 9.04. The minimum Gasteiger partial charge on any atom is -0.388 e. The standard InChI is InChI=1S/C17H27N7O/c1-17(25)5-8-23(12-3-6-22(2)7-4-12)9-13(17)24-11-21-14-15(18)19-10-20-16(14)24/h10-13,25H,3-9H2,1-2H3,(H2,18,19,20)/t13-,17-/m1/s1. The van der Waals surface area contributed by atoms with Gasteiger partial charge < -0.3 is 20.3 Å². The summed E-state index contributed by atoms with van der Waals surface area (Å²) in [6.07, 6.45) is 6.32. The number of likely N-dealkylation sites (tertiary alicyclic amines) is 2. The second kappa shape index (κ2) is 6.19. The predicted molar refractivity (Wildman–Crippen MR) is 96.1 cm³/mol. The molecule has 0 radical (unpaired) electrons. The van der Waals surface area contributed by atoms with Crippen LogP contribution in [0.2, 0.25) is 0 Å². The predicted octanol–water partition coefficient (Wildman–Crippen LogP) is 0.501. The fourth-order valence-corrected chi connectivity index (χ4v) is 4.22. The van der Waals surface area contributed by atoms with Gasteiger partial charge in [0, 0.05) is 19.1 Å². The maximum absolute atomic E-state index is 11.0. The van der Waals surface area contributed by atoms with Crippen molar-refractivity contribution in [2.24, 2.45) is 0 Å². The Balaban J connectivity index is 1.62. The lowest BCUT2D eigenvalue weighted by atomic mass is 9.86. The zero-order valence-electron chi connectivity index (χ0n) is 15.0. The monoisotopic (exact) mass is 345 g/mol. The molecule has 25 heavy (non-hydrogen) atoms. The molecule has 2 aliphatic heterocycles. The lowest BCUT2D eigenvalue weighted by molar-refractivity contribution is -0.0640. The van der Waals surface area contributed by atoms with E-state index >= 15 is 0 Å². The molecule has 0 spiro atoms. The van der Waals surface area contributed by atoms with Crippen molar-refractivity contribution >= 4 is 17.0 Å². The quantitative estimate of drug-likeness (QED) is 0.818. The van der Waals surface area contributed by atoms with Crippen LogP contribution in [-0.2, 0) is 0 Å². The third-order valence-corrected chi connectivity index (χ3v) is 5.96. The largest absolute Gasteiger partial charge is 0.388 e. The smallest absolute Gasteiger partial charge is 0.165 e. The molecule has 0 bridgehead atoms. The number of hydrogen-bond acceptors (Lipinski definition) is 7. The molecule has 0 amide bonds. The summed E-state index contributed by atoms with van der Waals surface area (Å²) < 4.78 is 1.98. The highest BCUT2D eigenvalue weighted by Gasteiger charge is 2.41. The van der Waals surface area contributed by atoms with E-state index in [0.29, 0.717) is 23.0 Å². The van der Waals surface area contributed by atoms with E-state index in [1.54, 1.807) is 6.33 Å². The summed E-state index contributed by atoms with van der Waals surface area (Å²) in [5, 5.41) is 11.0.